The largest absolute Gasteiger partial charge is 0.481 e. The second kappa shape index (κ2) is 28.6. The van der Waals surface area contributed by atoms with E-state index in [0.29, 0.717) is 53.4 Å². The van der Waals surface area contributed by atoms with Crippen LogP contribution in [0.4, 0.5) is 5.82 Å². The van der Waals surface area contributed by atoms with Crippen LogP contribution in [-0.4, -0.2) is 76.7 Å². The van der Waals surface area contributed by atoms with Gasteiger partial charge in [-0.05, 0) is 126 Å². The van der Waals surface area contributed by atoms with Crippen molar-refractivity contribution in [2.45, 2.75) is 207 Å². The molecule has 3 aliphatic carbocycles. The number of aromatic nitrogens is 1. The second-order valence-corrected chi connectivity index (χ2v) is 31.2. The van der Waals surface area contributed by atoms with E-state index in [1.54, 1.807) is 26.8 Å². The summed E-state index contributed by atoms with van der Waals surface area (Å²) in [5.74, 6) is -4.81. The summed E-state index contributed by atoms with van der Waals surface area (Å²) >= 11 is 0. The summed E-state index contributed by atoms with van der Waals surface area (Å²) in [6, 6.07) is 18.8. The summed E-state index contributed by atoms with van der Waals surface area (Å²) in [5.41, 5.74) is 0.950. The number of carbonyl (C=O) groups is 6. The summed E-state index contributed by atoms with van der Waals surface area (Å²) in [4.78, 5) is 94.2. The van der Waals surface area contributed by atoms with Crippen LogP contribution in [0.15, 0.2) is 76.9 Å². The number of benzene rings is 2. The molecule has 2 aromatic carbocycles. The van der Waals surface area contributed by atoms with E-state index >= 15 is 9.59 Å². The van der Waals surface area contributed by atoms with Gasteiger partial charge in [-0.1, -0.05) is 185 Å². The smallest absolute Gasteiger partial charge is 0.342 e. The van der Waals surface area contributed by atoms with E-state index in [2.05, 4.69) is 108 Å². The number of nitrogens with one attached hydrogen (secondary N) is 2. The van der Waals surface area contributed by atoms with Gasteiger partial charge in [0.05, 0.1) is 29.2 Å². The van der Waals surface area contributed by atoms with E-state index in [9.17, 15) is 29.4 Å². The van der Waals surface area contributed by atoms with Gasteiger partial charge in [-0.3, -0.25) is 19.2 Å². The number of allylic oxidation sites excluding steroid dienone is 1. The third kappa shape index (κ3) is 17.6. The minimum absolute atomic E-state index is 0. The Hall–Kier alpha value is -5.73. The summed E-state index contributed by atoms with van der Waals surface area (Å²) in [6.07, 6.45) is 5.90. The number of carbonyl (C=O) groups excluding carboxylic acids is 4. The van der Waals surface area contributed by atoms with Crippen molar-refractivity contribution in [3.63, 3.8) is 0 Å². The van der Waals surface area contributed by atoms with E-state index in [-0.39, 0.29) is 137 Å². The Morgan fingerprint density at radius 3 is 1.49 bits per heavy atom. The van der Waals surface area contributed by atoms with Gasteiger partial charge in [0, 0.05) is 67.2 Å². The number of nitrogens with zero attached hydrogens (tertiary/aromatic N) is 2. The van der Waals surface area contributed by atoms with Gasteiger partial charge in [0.1, 0.15) is 29.5 Å². The Bertz CT molecular complexity index is 3000. The van der Waals surface area contributed by atoms with Crippen molar-refractivity contribution in [2.75, 3.05) is 11.9 Å². The van der Waals surface area contributed by atoms with Crippen LogP contribution in [0.5, 0.6) is 0 Å². The summed E-state index contributed by atoms with van der Waals surface area (Å²) in [6.45, 7) is 36.6. The van der Waals surface area contributed by atoms with Crippen LogP contribution >= 0.6 is 0 Å². The van der Waals surface area contributed by atoms with Gasteiger partial charge in [0.2, 0.25) is 5.91 Å². The second-order valence-electron chi connectivity index (χ2n) is 31.2. The van der Waals surface area contributed by atoms with Crippen molar-refractivity contribution in [1.82, 2.24) is 10.3 Å². The molecule has 2 amide bonds. The van der Waals surface area contributed by atoms with Crippen LogP contribution in [0.1, 0.15) is 210 Å². The van der Waals surface area contributed by atoms with Crippen molar-refractivity contribution >= 4 is 59.0 Å². The van der Waals surface area contributed by atoms with Gasteiger partial charge in [-0.25, -0.2) is 14.6 Å². The van der Waals surface area contributed by atoms with Gasteiger partial charge < -0.3 is 40.0 Å². The quantitative estimate of drug-likeness (QED) is 0.0563. The standard InChI is InChI=1S/C72H102N4O11.Zn/c1-41-33-48(68(3,4)5)59(49(34-41)69(6,7)8)86-65(82)57-55(43-27-21-18-22-28-43)52(73-61(57)75-54(77)31-25-20-26-32-85-47-38-45(63(78)79)37-46(39-47)64(80)81)40-53-56(44-29-23-19-24-30-44)58(62(74-53)76-67(84)72(15,16)17)66(83)87-60-50(70(9,10)11)35-42(2)36-51(60)71(12,13)14;/h18-19,21-24,27-30,40-42,45-51,59-60H,20,25-26,31-39H2,1-17H3,(H5,73,74,75,76,77,78,79,80,81,82,83,84);/p-1. The zero-order valence-electron chi connectivity index (χ0n) is 55.9. The molecule has 0 radical (unpaired) electrons. The first-order chi connectivity index (χ1) is 40.4. The topological polar surface area (TPSA) is 221 Å². The fourth-order valence-corrected chi connectivity index (χ4v) is 13.9. The molecule has 6 unspecified atom stereocenters. The molecule has 0 bridgehead atoms. The Morgan fingerprint density at radius 1 is 0.591 bits per heavy atom. The molecule has 2 heterocycles. The zero-order valence-corrected chi connectivity index (χ0v) is 58.8. The third-order valence-corrected chi connectivity index (χ3v) is 18.8. The van der Waals surface area contributed by atoms with Crippen molar-refractivity contribution in [1.29, 1.82) is 0 Å². The number of carboxylic acid groups (broad SMARTS) is 2. The summed E-state index contributed by atoms with van der Waals surface area (Å²) in [7, 11) is 0. The minimum atomic E-state index is -1.03. The molecule has 1 aliphatic heterocycles. The van der Waals surface area contributed by atoms with Crippen molar-refractivity contribution in [3.05, 3.63) is 88.8 Å². The zero-order chi connectivity index (χ0) is 64.3. The number of aliphatic imine (C=N–C) groups is 1. The number of esters is 2. The van der Waals surface area contributed by atoms with Gasteiger partial charge in [-0.15, -0.1) is 0 Å². The third-order valence-electron chi connectivity index (χ3n) is 18.8. The van der Waals surface area contributed by atoms with Gasteiger partial charge in [-0.2, -0.15) is 0 Å². The van der Waals surface area contributed by atoms with E-state index in [0.717, 1.165) is 25.7 Å². The SMILES string of the molecule is CC1CC(C(C)(C)C)C(OC(=O)C2=C(c3ccccc3)/C(=C/c3[n-]c(NC(=O)C(C)(C)C)c(C(=O)OC4C(C(C)(C)C)CC(C)CC4C(C)(C)C)c3-c3ccccc3)N=C2NC(=O)CCCCCOC2CC(C(=O)O)CC(C(=O)O)C2)C(C(C)(C)C)C1.[Zn]. The number of anilines is 1. The van der Waals surface area contributed by atoms with E-state index < -0.39 is 65.3 Å². The van der Waals surface area contributed by atoms with Crippen LogP contribution in [0.25, 0.3) is 22.8 Å². The fourth-order valence-electron chi connectivity index (χ4n) is 13.9. The molecule has 16 heteroatoms. The maximum absolute atomic E-state index is 15.8. The van der Waals surface area contributed by atoms with Gasteiger partial charge >= 0.3 is 23.9 Å². The first kappa shape index (κ1) is 71.3. The average molecular weight is 1260 g/mol. The van der Waals surface area contributed by atoms with Crippen LogP contribution in [0.3, 0.4) is 0 Å². The Morgan fingerprint density at radius 2 is 1.05 bits per heavy atom. The van der Waals surface area contributed by atoms with E-state index in [4.69, 9.17) is 24.2 Å². The molecule has 15 nitrogen and oxygen atoms in total. The molecule has 0 spiro atoms. The molecule has 1 aromatic heterocycles. The molecular weight excluding hydrogens is 1160 g/mol. The number of amidine groups is 1. The van der Waals surface area contributed by atoms with Crippen LogP contribution in [0, 0.1) is 74.4 Å². The van der Waals surface area contributed by atoms with Crippen molar-refractivity contribution in [2.24, 2.45) is 79.4 Å². The number of ether oxygens (including phenoxy) is 3. The normalized spacial score (nSPS) is 25.9. The molecule has 88 heavy (non-hydrogen) atoms. The van der Waals surface area contributed by atoms with E-state index in [1.807, 2.05) is 60.7 Å². The number of unbranched alkanes of at least 4 members (excludes halogenated alkanes) is 2. The molecule has 0 saturated heterocycles. The first-order valence-corrected chi connectivity index (χ1v) is 31.9. The maximum Gasteiger partial charge on any atom is 0.342 e. The Balaban J connectivity index is 0.0000124. The van der Waals surface area contributed by atoms with E-state index in [1.165, 1.54) is 0 Å². The molecule has 478 valence electrons. The Kier molecular flexibility index (Phi) is 23.2. The predicted molar refractivity (Wildman–Crippen MR) is 342 cm³/mol. The van der Waals surface area contributed by atoms with Crippen LogP contribution in [-0.2, 0) is 57.7 Å². The number of hydrogen-bond donors (Lipinski definition) is 4. The predicted octanol–water partition coefficient (Wildman–Crippen LogP) is 15.1. The van der Waals surface area contributed by atoms with Gasteiger partial charge in [0.15, 0.2) is 0 Å². The number of aliphatic carboxylic acids is 2. The van der Waals surface area contributed by atoms with Crippen molar-refractivity contribution in [3.8, 4) is 11.1 Å². The molecule has 7 rings (SSSR count). The van der Waals surface area contributed by atoms with Gasteiger partial charge in [0.25, 0.3) is 0 Å². The number of amides is 2. The molecule has 3 fully saturated rings. The summed E-state index contributed by atoms with van der Waals surface area (Å²) in [5, 5.41) is 25.5. The maximum atomic E-state index is 15.8. The molecular formula is C72H101N4O11Zn-. The van der Waals surface area contributed by atoms with Crippen LogP contribution < -0.4 is 15.6 Å². The number of hydrogen-bond acceptors (Lipinski definition) is 10. The molecule has 3 aromatic rings. The molecule has 6 atom stereocenters. The Labute approximate surface area is 537 Å². The van der Waals surface area contributed by atoms with Crippen molar-refractivity contribution < 1.29 is 72.7 Å². The number of rotatable bonds is 17. The fraction of sp³-hybridized carbons (Fsp3) is 0.625. The van der Waals surface area contributed by atoms with Crippen LogP contribution in [0.2, 0.25) is 0 Å². The molecule has 4 aliphatic rings. The number of carboxylic acids is 2. The minimum Gasteiger partial charge on any atom is -0.481 e. The first-order valence-electron chi connectivity index (χ1n) is 31.9. The summed E-state index contributed by atoms with van der Waals surface area (Å²) < 4.78 is 20.0. The average Bonchev–Trinajstić information content (AvgIpc) is 1.85. The monoisotopic (exact) mass is 1260 g/mol. The molecule has 4 N–H and O–H groups in total. The molecule has 3 saturated carbocycles.